The van der Waals surface area contributed by atoms with E-state index in [4.69, 9.17) is 21.1 Å². The van der Waals surface area contributed by atoms with E-state index in [1.54, 1.807) is 0 Å². The number of hydrogen-bond acceptors (Lipinski definition) is 3. The lowest BCUT2D eigenvalue weighted by Gasteiger charge is -2.33. The van der Waals surface area contributed by atoms with E-state index in [2.05, 4.69) is 0 Å². The third-order valence-electron chi connectivity index (χ3n) is 3.98. The third-order valence-corrected chi connectivity index (χ3v) is 4.49. The van der Waals surface area contributed by atoms with Crippen molar-refractivity contribution >= 4 is 17.6 Å². The molecule has 84 valence electrons. The smallest absolute Gasteiger partial charge is 0.307 e. The first kappa shape index (κ1) is 9.87. The summed E-state index contributed by atoms with van der Waals surface area (Å²) < 4.78 is 11.2. The number of rotatable bonds is 1. The maximum absolute atomic E-state index is 11.2. The molecule has 5 heteroatoms. The first-order valence-electron chi connectivity index (χ1n) is 5.29. The number of carboxylic acids is 1. The summed E-state index contributed by atoms with van der Waals surface area (Å²) in [5.41, 5.74) is 0. The van der Waals surface area contributed by atoms with E-state index < -0.39 is 11.8 Å². The van der Waals surface area contributed by atoms with Gasteiger partial charge in [-0.1, -0.05) is 0 Å². The Morgan fingerprint density at radius 2 is 2.07 bits per heavy atom. The predicted molar refractivity (Wildman–Crippen MR) is 51.6 cm³/mol. The van der Waals surface area contributed by atoms with Crippen LogP contribution in [0, 0.1) is 17.8 Å². The van der Waals surface area contributed by atoms with Gasteiger partial charge >= 0.3 is 5.97 Å². The lowest BCUT2D eigenvalue weighted by molar-refractivity contribution is -0.195. The second kappa shape index (κ2) is 3.09. The third kappa shape index (κ3) is 1.19. The van der Waals surface area contributed by atoms with Crippen molar-refractivity contribution in [2.24, 2.45) is 17.8 Å². The molecular weight excluding hydrogens is 220 g/mol. The van der Waals surface area contributed by atoms with Gasteiger partial charge in [-0.25, -0.2) is 0 Å². The number of ether oxygens (including phenoxy) is 2. The molecule has 3 unspecified atom stereocenters. The highest BCUT2D eigenvalue weighted by Gasteiger charge is 2.65. The molecule has 0 radical (unpaired) electrons. The molecule has 1 aliphatic heterocycles. The molecule has 0 aromatic heterocycles. The summed E-state index contributed by atoms with van der Waals surface area (Å²) in [6.07, 6.45) is 1.34. The zero-order chi connectivity index (χ0) is 10.6. The van der Waals surface area contributed by atoms with Crippen LogP contribution in [-0.2, 0) is 14.3 Å². The van der Waals surface area contributed by atoms with Gasteiger partial charge in [-0.15, -0.1) is 11.6 Å². The van der Waals surface area contributed by atoms with Gasteiger partial charge in [0.05, 0.1) is 19.1 Å². The molecule has 3 rings (SSSR count). The largest absolute Gasteiger partial charge is 0.481 e. The molecule has 4 nitrogen and oxygen atoms in total. The fraction of sp³-hybridized carbons (Fsp3) is 0.900. The van der Waals surface area contributed by atoms with E-state index in [1.165, 1.54) is 0 Å². The van der Waals surface area contributed by atoms with Crippen molar-refractivity contribution in [3.8, 4) is 0 Å². The van der Waals surface area contributed by atoms with Crippen molar-refractivity contribution in [2.75, 3.05) is 13.2 Å². The highest BCUT2D eigenvalue weighted by molar-refractivity contribution is 6.21. The normalized spacial score (nSPS) is 46.5. The molecule has 1 saturated heterocycles. The van der Waals surface area contributed by atoms with Crippen molar-refractivity contribution in [3.05, 3.63) is 0 Å². The first-order chi connectivity index (χ1) is 7.14. The van der Waals surface area contributed by atoms with Crippen LogP contribution in [0.1, 0.15) is 12.8 Å². The number of halogens is 1. The highest BCUT2D eigenvalue weighted by atomic mass is 35.5. The van der Waals surface area contributed by atoms with Gasteiger partial charge in [-0.2, -0.15) is 0 Å². The summed E-state index contributed by atoms with van der Waals surface area (Å²) >= 11 is 6.13. The van der Waals surface area contributed by atoms with Gasteiger partial charge in [0.15, 0.2) is 5.79 Å². The van der Waals surface area contributed by atoms with Gasteiger partial charge in [-0.05, 0) is 12.3 Å². The minimum atomic E-state index is -0.760. The van der Waals surface area contributed by atoms with Crippen LogP contribution in [0.3, 0.4) is 0 Å². The molecule has 1 N–H and O–H groups in total. The minimum Gasteiger partial charge on any atom is -0.481 e. The second-order valence-electron chi connectivity index (χ2n) is 4.60. The average Bonchev–Trinajstić information content (AvgIpc) is 2.81. The molecule has 2 aliphatic carbocycles. The minimum absolute atomic E-state index is 0.00673. The predicted octanol–water partition coefficient (Wildman–Crippen LogP) is 1.08. The molecule has 3 fully saturated rings. The van der Waals surface area contributed by atoms with Gasteiger partial charge in [0.1, 0.15) is 0 Å². The molecule has 2 bridgehead atoms. The quantitative estimate of drug-likeness (QED) is 0.688. The number of hydrogen-bond donors (Lipinski definition) is 1. The zero-order valence-electron chi connectivity index (χ0n) is 8.19. The molecule has 2 saturated carbocycles. The van der Waals surface area contributed by atoms with Crippen LogP contribution < -0.4 is 0 Å². The lowest BCUT2D eigenvalue weighted by atomic mass is 9.93. The van der Waals surface area contributed by atoms with E-state index in [1.807, 2.05) is 0 Å². The van der Waals surface area contributed by atoms with E-state index in [9.17, 15) is 9.90 Å². The fourth-order valence-electron chi connectivity index (χ4n) is 3.43. The SMILES string of the molecule is O=C(O)C1C2CC3(OCCO3)C1C[C@@H]2Cl. The van der Waals surface area contributed by atoms with Crippen LogP contribution in [0.15, 0.2) is 0 Å². The molecule has 0 amide bonds. The van der Waals surface area contributed by atoms with Crippen molar-refractivity contribution in [3.63, 3.8) is 0 Å². The summed E-state index contributed by atoms with van der Waals surface area (Å²) in [5, 5.41) is 9.15. The summed E-state index contributed by atoms with van der Waals surface area (Å²) in [6.45, 7) is 1.14. The zero-order valence-corrected chi connectivity index (χ0v) is 8.94. The number of fused-ring (bicyclic) bond motifs is 3. The number of carboxylic acid groups (broad SMARTS) is 1. The van der Waals surface area contributed by atoms with Crippen LogP contribution in [0.25, 0.3) is 0 Å². The van der Waals surface area contributed by atoms with Gasteiger partial charge in [0.25, 0.3) is 0 Å². The van der Waals surface area contributed by atoms with Gasteiger partial charge < -0.3 is 14.6 Å². The highest BCUT2D eigenvalue weighted by Crippen LogP contribution is 2.59. The Bertz CT molecular complexity index is 300. The molecule has 15 heavy (non-hydrogen) atoms. The molecule has 0 aromatic rings. The molecule has 1 heterocycles. The number of aliphatic carboxylic acids is 1. The number of alkyl halides is 1. The van der Waals surface area contributed by atoms with Crippen LogP contribution >= 0.6 is 11.6 Å². The van der Waals surface area contributed by atoms with E-state index >= 15 is 0 Å². The Labute approximate surface area is 92.5 Å². The summed E-state index contributed by atoms with van der Waals surface area (Å²) in [6, 6.07) is 0. The Kier molecular flexibility index (Phi) is 2.03. The van der Waals surface area contributed by atoms with E-state index in [0.29, 0.717) is 26.1 Å². The molecule has 4 atom stereocenters. The Morgan fingerprint density at radius 1 is 1.40 bits per heavy atom. The summed E-state index contributed by atoms with van der Waals surface area (Å²) in [7, 11) is 0. The Hall–Kier alpha value is -0.320. The van der Waals surface area contributed by atoms with Crippen molar-refractivity contribution in [1.29, 1.82) is 0 Å². The maximum atomic E-state index is 11.2. The van der Waals surface area contributed by atoms with Crippen molar-refractivity contribution in [1.82, 2.24) is 0 Å². The Morgan fingerprint density at radius 3 is 2.60 bits per heavy atom. The molecule has 1 spiro atoms. The molecule has 0 aromatic carbocycles. The number of carbonyl (C=O) groups is 1. The maximum Gasteiger partial charge on any atom is 0.307 e. The Balaban J connectivity index is 1.92. The van der Waals surface area contributed by atoms with Crippen molar-refractivity contribution < 1.29 is 19.4 Å². The van der Waals surface area contributed by atoms with Crippen LogP contribution in [0.5, 0.6) is 0 Å². The van der Waals surface area contributed by atoms with E-state index in [0.717, 1.165) is 0 Å². The van der Waals surface area contributed by atoms with E-state index in [-0.39, 0.29) is 23.1 Å². The average molecular weight is 233 g/mol. The summed E-state index contributed by atoms with van der Waals surface area (Å²) in [4.78, 5) is 11.2. The van der Waals surface area contributed by atoms with Gasteiger partial charge in [0, 0.05) is 17.7 Å². The van der Waals surface area contributed by atoms with Gasteiger partial charge in [0.2, 0.25) is 0 Å². The molecular formula is C10H13ClO4. The summed E-state index contributed by atoms with van der Waals surface area (Å²) in [5.74, 6) is -1.83. The first-order valence-corrected chi connectivity index (χ1v) is 5.72. The van der Waals surface area contributed by atoms with Crippen molar-refractivity contribution in [2.45, 2.75) is 24.0 Å². The second-order valence-corrected chi connectivity index (χ2v) is 5.16. The molecule has 3 aliphatic rings. The van der Waals surface area contributed by atoms with Crippen LogP contribution in [-0.4, -0.2) is 35.5 Å². The topological polar surface area (TPSA) is 55.8 Å². The van der Waals surface area contributed by atoms with Crippen LogP contribution in [0.2, 0.25) is 0 Å². The monoisotopic (exact) mass is 232 g/mol. The fourth-order valence-corrected chi connectivity index (χ4v) is 3.87. The van der Waals surface area contributed by atoms with Gasteiger partial charge in [-0.3, -0.25) is 4.79 Å². The lowest BCUT2D eigenvalue weighted by Crippen LogP contribution is -2.39. The standard InChI is InChI=1S/C10H13ClO4/c11-7-3-6-8(9(12)13)5(7)4-10(6)14-1-2-15-10/h5-8H,1-4H2,(H,12,13)/t5?,6?,7-,8?/m0/s1. The van der Waals surface area contributed by atoms with Crippen LogP contribution in [0.4, 0.5) is 0 Å².